The molecule has 7 heteroatoms. The number of piperidine rings is 1. The number of nitrogens with zero attached hydrogens (tertiary/aromatic N) is 3. The summed E-state index contributed by atoms with van der Waals surface area (Å²) >= 11 is 1.89. The number of rotatable bonds is 4. The zero-order chi connectivity index (χ0) is 22.1. The van der Waals surface area contributed by atoms with Crippen LogP contribution in [0.5, 0.6) is 0 Å². The molecule has 0 aromatic heterocycles. The van der Waals surface area contributed by atoms with Crippen LogP contribution in [0.4, 0.5) is 14.9 Å². The fraction of sp³-hybridized carbons (Fsp3) is 0.600. The predicted octanol–water partition coefficient (Wildman–Crippen LogP) is 5.19. The molecular weight excluding hydrogens is 423 g/mol. The van der Waals surface area contributed by atoms with E-state index < -0.39 is 5.54 Å². The van der Waals surface area contributed by atoms with Crippen LogP contribution in [0.3, 0.4) is 0 Å². The van der Waals surface area contributed by atoms with Crippen LogP contribution < -0.4 is 10.2 Å². The second-order valence-corrected chi connectivity index (χ2v) is 10.7. The van der Waals surface area contributed by atoms with Gasteiger partial charge >= 0.3 is 6.03 Å². The van der Waals surface area contributed by atoms with Gasteiger partial charge in [-0.05, 0) is 62.1 Å². The first kappa shape index (κ1) is 22.0. The average Bonchev–Trinajstić information content (AvgIpc) is 3.37. The Hall–Kier alpha value is -1.86. The zero-order valence-corrected chi connectivity index (χ0v) is 19.6. The van der Waals surface area contributed by atoms with E-state index in [9.17, 15) is 9.18 Å². The van der Waals surface area contributed by atoms with Crippen LogP contribution >= 0.6 is 11.8 Å². The first-order valence-electron chi connectivity index (χ1n) is 12.0. The molecule has 1 spiro atoms. The fourth-order valence-corrected chi connectivity index (χ4v) is 6.78. The number of carbonyl (C=O) groups excluding carboxylic acids is 1. The highest BCUT2D eigenvalue weighted by atomic mass is 32.2. The van der Waals surface area contributed by atoms with Crippen LogP contribution in [0.2, 0.25) is 0 Å². The van der Waals surface area contributed by atoms with Gasteiger partial charge in [-0.3, -0.25) is 20.1 Å². The van der Waals surface area contributed by atoms with E-state index in [0.29, 0.717) is 17.6 Å². The number of benzene rings is 1. The summed E-state index contributed by atoms with van der Waals surface area (Å²) in [6.45, 7) is 4.22. The fourth-order valence-electron chi connectivity index (χ4n) is 5.87. The van der Waals surface area contributed by atoms with E-state index in [-0.39, 0.29) is 17.9 Å². The van der Waals surface area contributed by atoms with Gasteiger partial charge in [0.05, 0.1) is 6.04 Å². The minimum atomic E-state index is -0.529. The minimum absolute atomic E-state index is 0.180. The van der Waals surface area contributed by atoms with Crippen LogP contribution in [0.1, 0.15) is 51.9 Å². The molecule has 0 radical (unpaired) electrons. The van der Waals surface area contributed by atoms with Gasteiger partial charge in [-0.25, -0.2) is 9.18 Å². The summed E-state index contributed by atoms with van der Waals surface area (Å²) < 4.78 is 14.1. The lowest BCUT2D eigenvalue weighted by Gasteiger charge is -2.47. The Morgan fingerprint density at radius 3 is 2.84 bits per heavy atom. The molecule has 3 fully saturated rings. The smallest absolute Gasteiger partial charge is 0.300 e. The van der Waals surface area contributed by atoms with Crippen molar-refractivity contribution in [2.45, 2.75) is 69.5 Å². The van der Waals surface area contributed by atoms with Crippen molar-refractivity contribution in [3.05, 3.63) is 41.6 Å². The summed E-state index contributed by atoms with van der Waals surface area (Å²) in [5, 5.41) is 5.33. The first-order valence-corrected chi connectivity index (χ1v) is 13.1. The summed E-state index contributed by atoms with van der Waals surface area (Å²) in [4.78, 5) is 22.8. The number of halogens is 1. The molecule has 0 bridgehead atoms. The number of aliphatic imine (C=N–C) groups is 1. The molecule has 1 aromatic carbocycles. The Kier molecular flexibility index (Phi) is 6.30. The number of likely N-dealkylation sites (tertiary alicyclic amines) is 1. The van der Waals surface area contributed by atoms with Gasteiger partial charge in [0, 0.05) is 30.6 Å². The quantitative estimate of drug-likeness (QED) is 0.679. The Labute approximate surface area is 194 Å². The van der Waals surface area contributed by atoms with Gasteiger partial charge in [0.25, 0.3) is 0 Å². The number of amides is 2. The lowest BCUT2D eigenvalue weighted by Crippen LogP contribution is -2.60. The number of amidine groups is 1. The number of hydrogen-bond acceptors (Lipinski definition) is 4. The molecular formula is C25H33FN4OS. The van der Waals surface area contributed by atoms with E-state index in [2.05, 4.69) is 28.6 Å². The number of thioether (sulfide) groups is 1. The van der Waals surface area contributed by atoms with E-state index >= 15 is 0 Å². The van der Waals surface area contributed by atoms with Crippen molar-refractivity contribution < 1.29 is 9.18 Å². The van der Waals surface area contributed by atoms with Crippen molar-refractivity contribution in [1.29, 1.82) is 0 Å². The Morgan fingerprint density at radius 1 is 1.28 bits per heavy atom. The molecule has 1 aromatic rings. The van der Waals surface area contributed by atoms with Gasteiger partial charge in [0.15, 0.2) is 0 Å². The van der Waals surface area contributed by atoms with Gasteiger partial charge < -0.3 is 0 Å². The Morgan fingerprint density at radius 2 is 2.12 bits per heavy atom. The molecule has 32 heavy (non-hydrogen) atoms. The molecule has 2 saturated heterocycles. The molecule has 5 rings (SSSR count). The summed E-state index contributed by atoms with van der Waals surface area (Å²) in [5.41, 5.74) is 0.0884. The van der Waals surface area contributed by atoms with Crippen molar-refractivity contribution in [3.8, 4) is 0 Å². The normalized spacial score (nSPS) is 32.9. The molecule has 1 saturated carbocycles. The second kappa shape index (κ2) is 9.18. The first-order chi connectivity index (χ1) is 15.5. The van der Waals surface area contributed by atoms with E-state index in [1.54, 1.807) is 11.0 Å². The highest BCUT2D eigenvalue weighted by Gasteiger charge is 2.54. The largest absolute Gasteiger partial charge is 0.328 e. The molecule has 3 atom stereocenters. The van der Waals surface area contributed by atoms with Crippen LogP contribution in [0, 0.1) is 11.7 Å². The third kappa shape index (κ3) is 4.21. The van der Waals surface area contributed by atoms with E-state index in [1.807, 2.05) is 17.8 Å². The van der Waals surface area contributed by atoms with E-state index in [1.165, 1.54) is 31.4 Å². The van der Waals surface area contributed by atoms with Crippen molar-refractivity contribution >= 4 is 29.3 Å². The monoisotopic (exact) mass is 456 g/mol. The average molecular weight is 457 g/mol. The lowest BCUT2D eigenvalue weighted by molar-refractivity contribution is 0.122. The minimum Gasteiger partial charge on any atom is -0.300 e. The van der Waals surface area contributed by atoms with Crippen molar-refractivity contribution in [2.24, 2.45) is 10.9 Å². The van der Waals surface area contributed by atoms with Crippen LogP contribution in [-0.2, 0) is 0 Å². The number of anilines is 1. The van der Waals surface area contributed by atoms with Crippen LogP contribution in [-0.4, -0.2) is 53.2 Å². The predicted molar refractivity (Wildman–Crippen MR) is 130 cm³/mol. The van der Waals surface area contributed by atoms with E-state index in [0.717, 1.165) is 50.4 Å². The van der Waals surface area contributed by atoms with Gasteiger partial charge in [0.2, 0.25) is 0 Å². The highest BCUT2D eigenvalue weighted by Crippen LogP contribution is 2.41. The molecule has 5 nitrogen and oxygen atoms in total. The maximum Gasteiger partial charge on any atom is 0.328 e. The summed E-state index contributed by atoms with van der Waals surface area (Å²) in [6.07, 6.45) is 9.77. The van der Waals surface area contributed by atoms with Gasteiger partial charge in [-0.1, -0.05) is 31.4 Å². The Bertz CT molecular complexity index is 915. The molecule has 3 aliphatic heterocycles. The molecule has 1 N–H and O–H groups in total. The molecule has 3 unspecified atom stereocenters. The topological polar surface area (TPSA) is 47.9 Å². The standard InChI is InChI=1S/C25H33FN4OS/c1-18-15-25(11-12-29(18)16-19-10-13-32-17-19)23(27-21-7-3-2-4-8-21)28-24(31)30(25)22-9-5-6-20(26)14-22/h5-6,9-10,13-14,18-19,21H,2-4,7-8,11-12,15-17H2,1H3,(H,27,28,31). The zero-order valence-electron chi connectivity index (χ0n) is 18.8. The van der Waals surface area contributed by atoms with Crippen LogP contribution in [0.25, 0.3) is 0 Å². The number of carbonyl (C=O) groups is 1. The van der Waals surface area contributed by atoms with Gasteiger partial charge in [-0.15, -0.1) is 11.8 Å². The molecule has 2 amide bonds. The number of hydrogen-bond donors (Lipinski definition) is 1. The number of urea groups is 1. The van der Waals surface area contributed by atoms with Crippen molar-refractivity contribution in [2.75, 3.05) is 23.7 Å². The summed E-state index contributed by atoms with van der Waals surface area (Å²) in [7, 11) is 0. The molecule has 1 aliphatic carbocycles. The SMILES string of the molecule is CC1CC2(CCN1CC1C=CSC1)C(=NC1CCCCC1)NC(=O)N2c1cccc(F)c1. The second-order valence-electron chi connectivity index (χ2n) is 9.77. The molecule has 4 aliphatic rings. The highest BCUT2D eigenvalue weighted by molar-refractivity contribution is 8.02. The number of nitrogens with one attached hydrogen (secondary N) is 1. The summed E-state index contributed by atoms with van der Waals surface area (Å²) in [5.74, 6) is 2.23. The third-order valence-corrected chi connectivity index (χ3v) is 8.52. The van der Waals surface area contributed by atoms with E-state index in [4.69, 9.17) is 4.99 Å². The Balaban J connectivity index is 1.46. The van der Waals surface area contributed by atoms with Crippen molar-refractivity contribution in [3.63, 3.8) is 0 Å². The molecule has 3 heterocycles. The van der Waals surface area contributed by atoms with Gasteiger partial charge in [0.1, 0.15) is 17.2 Å². The van der Waals surface area contributed by atoms with Crippen molar-refractivity contribution in [1.82, 2.24) is 10.2 Å². The third-order valence-electron chi connectivity index (χ3n) is 7.55. The molecule has 172 valence electrons. The lowest BCUT2D eigenvalue weighted by atomic mass is 9.81. The maximum atomic E-state index is 14.1. The maximum absolute atomic E-state index is 14.1. The summed E-state index contributed by atoms with van der Waals surface area (Å²) in [6, 6.07) is 6.83. The van der Waals surface area contributed by atoms with Gasteiger partial charge in [-0.2, -0.15) is 0 Å². The van der Waals surface area contributed by atoms with Crippen LogP contribution in [0.15, 0.2) is 40.7 Å².